The molecule has 0 spiro atoms. The number of fused-ring (bicyclic) bond motifs is 3. The van der Waals surface area contributed by atoms with Gasteiger partial charge in [-0.05, 0) is 109 Å². The zero-order valence-corrected chi connectivity index (χ0v) is 26.6. The average molecular weight is 578 g/mol. The van der Waals surface area contributed by atoms with Crippen LogP contribution in [-0.4, -0.2) is 18.3 Å². The van der Waals surface area contributed by atoms with Gasteiger partial charge in [0.1, 0.15) is 0 Å². The third kappa shape index (κ3) is 4.60. The molecule has 44 heavy (non-hydrogen) atoms. The Hall–Kier alpha value is -4.12. The molecule has 2 aliphatic rings. The summed E-state index contributed by atoms with van der Waals surface area (Å²) in [6, 6.07) is 44.0. The third-order valence-electron chi connectivity index (χ3n) is 10.3. The fourth-order valence-electron chi connectivity index (χ4n) is 6.73. The van der Waals surface area contributed by atoms with Crippen molar-refractivity contribution < 1.29 is 9.31 Å². The van der Waals surface area contributed by atoms with Crippen molar-refractivity contribution in [2.45, 2.75) is 64.6 Å². The molecule has 1 aliphatic carbocycles. The smallest absolute Gasteiger partial charge is 0.399 e. The minimum atomic E-state index is -0.392. The number of anilines is 3. The summed E-state index contributed by atoms with van der Waals surface area (Å²) in [4.78, 5) is 2.36. The molecule has 4 heteroatoms. The summed E-state index contributed by atoms with van der Waals surface area (Å²) in [7, 11) is -0.392. The maximum absolute atomic E-state index is 6.36. The molecule has 220 valence electrons. The maximum atomic E-state index is 6.36. The Labute approximate surface area is 262 Å². The van der Waals surface area contributed by atoms with Crippen molar-refractivity contribution in [1.29, 1.82) is 0 Å². The van der Waals surface area contributed by atoms with E-state index in [4.69, 9.17) is 9.31 Å². The Balaban J connectivity index is 1.31. The molecule has 1 aliphatic heterocycles. The standard InChI is InChI=1S/C40H40BNO2/c1-7-40(6)36-16-12-11-15-34(36)35-26-25-33(27-37(35)40)42(31-21-17-29(18-22-31)28-13-9-8-10-14-28)32-23-19-30(20-24-32)41-43-38(2,3)39(4,5)44-41/h8-27H,7H2,1-6H3. The molecule has 0 saturated carbocycles. The van der Waals surface area contributed by atoms with Gasteiger partial charge in [0.25, 0.3) is 0 Å². The Morgan fingerprint density at radius 3 is 1.70 bits per heavy atom. The van der Waals surface area contributed by atoms with E-state index in [1.165, 1.54) is 33.4 Å². The summed E-state index contributed by atoms with van der Waals surface area (Å²) in [5.74, 6) is 0. The van der Waals surface area contributed by atoms with E-state index in [0.29, 0.717) is 0 Å². The van der Waals surface area contributed by atoms with Crippen LogP contribution in [0.1, 0.15) is 59.1 Å². The van der Waals surface area contributed by atoms with E-state index in [-0.39, 0.29) is 16.6 Å². The number of rotatable bonds is 6. The number of hydrogen-bond acceptors (Lipinski definition) is 3. The Kier molecular flexibility index (Phi) is 6.84. The van der Waals surface area contributed by atoms with Crippen LogP contribution in [0.25, 0.3) is 22.3 Å². The van der Waals surface area contributed by atoms with Crippen LogP contribution in [-0.2, 0) is 14.7 Å². The molecule has 3 nitrogen and oxygen atoms in total. The van der Waals surface area contributed by atoms with E-state index in [2.05, 4.69) is 168 Å². The zero-order chi connectivity index (χ0) is 30.7. The average Bonchev–Trinajstić information content (AvgIpc) is 3.43. The molecule has 5 aromatic carbocycles. The zero-order valence-electron chi connectivity index (χ0n) is 26.6. The van der Waals surface area contributed by atoms with Gasteiger partial charge in [-0.25, -0.2) is 0 Å². The number of nitrogens with zero attached hydrogens (tertiary/aromatic N) is 1. The topological polar surface area (TPSA) is 21.7 Å². The lowest BCUT2D eigenvalue weighted by molar-refractivity contribution is 0.00578. The highest BCUT2D eigenvalue weighted by Crippen LogP contribution is 2.52. The predicted molar refractivity (Wildman–Crippen MR) is 184 cm³/mol. The number of hydrogen-bond donors (Lipinski definition) is 0. The van der Waals surface area contributed by atoms with Crippen molar-refractivity contribution in [2.75, 3.05) is 4.90 Å². The lowest BCUT2D eigenvalue weighted by Gasteiger charge is -2.32. The molecule has 1 atom stereocenters. The summed E-state index contributed by atoms with van der Waals surface area (Å²) >= 11 is 0. The molecule has 7 rings (SSSR count). The Bertz CT molecular complexity index is 1800. The van der Waals surface area contributed by atoms with Crippen LogP contribution in [0.3, 0.4) is 0 Å². The fraction of sp³-hybridized carbons (Fsp3) is 0.250. The van der Waals surface area contributed by atoms with E-state index in [1.54, 1.807) is 0 Å². The Morgan fingerprint density at radius 1 is 0.545 bits per heavy atom. The lowest BCUT2D eigenvalue weighted by Crippen LogP contribution is -2.41. The molecule has 1 fully saturated rings. The van der Waals surface area contributed by atoms with Gasteiger partial charge in [-0.2, -0.15) is 0 Å². The van der Waals surface area contributed by atoms with Crippen LogP contribution >= 0.6 is 0 Å². The Morgan fingerprint density at radius 2 is 1.07 bits per heavy atom. The highest BCUT2D eigenvalue weighted by atomic mass is 16.7. The highest BCUT2D eigenvalue weighted by Gasteiger charge is 2.51. The van der Waals surface area contributed by atoms with Gasteiger partial charge in [-0.15, -0.1) is 0 Å². The van der Waals surface area contributed by atoms with Crippen LogP contribution < -0.4 is 10.4 Å². The summed E-state index contributed by atoms with van der Waals surface area (Å²) in [6.07, 6.45) is 1.04. The molecule has 0 radical (unpaired) electrons. The van der Waals surface area contributed by atoms with Gasteiger partial charge in [0.2, 0.25) is 0 Å². The molecule has 0 aromatic heterocycles. The van der Waals surface area contributed by atoms with Gasteiger partial charge in [0.05, 0.1) is 11.2 Å². The van der Waals surface area contributed by atoms with E-state index < -0.39 is 7.12 Å². The van der Waals surface area contributed by atoms with Crippen LogP contribution in [0, 0.1) is 0 Å². The van der Waals surface area contributed by atoms with Crippen molar-refractivity contribution in [3.63, 3.8) is 0 Å². The van der Waals surface area contributed by atoms with Crippen molar-refractivity contribution >= 4 is 29.6 Å². The first kappa shape index (κ1) is 28.6. The van der Waals surface area contributed by atoms with Crippen LogP contribution in [0.5, 0.6) is 0 Å². The van der Waals surface area contributed by atoms with Gasteiger partial charge < -0.3 is 14.2 Å². The van der Waals surface area contributed by atoms with E-state index in [0.717, 1.165) is 28.9 Å². The normalized spacial score (nSPS) is 19.5. The van der Waals surface area contributed by atoms with Gasteiger partial charge in [-0.3, -0.25) is 0 Å². The summed E-state index contributed by atoms with van der Waals surface area (Å²) < 4.78 is 12.7. The molecular weight excluding hydrogens is 537 g/mol. The second kappa shape index (κ2) is 10.5. The molecule has 0 bridgehead atoms. The van der Waals surface area contributed by atoms with E-state index >= 15 is 0 Å². The van der Waals surface area contributed by atoms with Crippen molar-refractivity contribution in [3.8, 4) is 22.3 Å². The van der Waals surface area contributed by atoms with Crippen molar-refractivity contribution in [2.24, 2.45) is 0 Å². The van der Waals surface area contributed by atoms with Crippen LogP contribution in [0.2, 0.25) is 0 Å². The molecular formula is C40H40BNO2. The van der Waals surface area contributed by atoms with Gasteiger partial charge in [0, 0.05) is 22.5 Å². The molecule has 1 unspecified atom stereocenters. The monoisotopic (exact) mass is 577 g/mol. The van der Waals surface area contributed by atoms with Gasteiger partial charge in [-0.1, -0.05) is 98.8 Å². The van der Waals surface area contributed by atoms with Crippen molar-refractivity contribution in [1.82, 2.24) is 0 Å². The van der Waals surface area contributed by atoms with Gasteiger partial charge in [0.15, 0.2) is 0 Å². The SMILES string of the molecule is CCC1(C)c2ccccc2-c2ccc(N(c3ccc(B4OC(C)(C)C(C)(C)O4)cc3)c3ccc(-c4ccccc4)cc3)cc21. The van der Waals surface area contributed by atoms with E-state index in [9.17, 15) is 0 Å². The second-order valence-corrected chi connectivity index (χ2v) is 13.4. The second-order valence-electron chi connectivity index (χ2n) is 13.4. The first-order valence-corrected chi connectivity index (χ1v) is 15.8. The fourth-order valence-corrected chi connectivity index (χ4v) is 6.73. The minimum absolute atomic E-state index is 0.0363. The van der Waals surface area contributed by atoms with Crippen LogP contribution in [0.4, 0.5) is 17.1 Å². The minimum Gasteiger partial charge on any atom is -0.399 e. The molecule has 1 saturated heterocycles. The maximum Gasteiger partial charge on any atom is 0.494 e. The predicted octanol–water partition coefficient (Wildman–Crippen LogP) is 9.82. The largest absolute Gasteiger partial charge is 0.494 e. The molecule has 1 heterocycles. The summed E-state index contributed by atoms with van der Waals surface area (Å²) in [5.41, 5.74) is 11.5. The quantitative estimate of drug-likeness (QED) is 0.188. The van der Waals surface area contributed by atoms with Crippen LogP contribution in [0.15, 0.2) is 121 Å². The molecule has 0 N–H and O–H groups in total. The lowest BCUT2D eigenvalue weighted by atomic mass is 9.78. The summed E-state index contributed by atoms with van der Waals surface area (Å²) in [5, 5.41) is 0. The molecule has 5 aromatic rings. The van der Waals surface area contributed by atoms with Gasteiger partial charge >= 0.3 is 7.12 Å². The van der Waals surface area contributed by atoms with E-state index in [1.807, 2.05) is 0 Å². The van der Waals surface area contributed by atoms with Crippen molar-refractivity contribution in [3.05, 3.63) is 132 Å². The summed E-state index contributed by atoms with van der Waals surface area (Å²) in [6.45, 7) is 13.1. The molecule has 0 amide bonds. The highest BCUT2D eigenvalue weighted by molar-refractivity contribution is 6.62. The first-order valence-electron chi connectivity index (χ1n) is 15.8. The number of benzene rings is 5. The first-order chi connectivity index (χ1) is 21.1. The third-order valence-corrected chi connectivity index (χ3v) is 10.3.